The van der Waals surface area contributed by atoms with Gasteiger partial charge in [-0.3, -0.25) is 9.59 Å². The molecule has 0 heterocycles. The SMILES string of the molecule is COc1cccc(NC(=O)c2ccc(NC(=O)CC(C)C)cc2)c1. The van der Waals surface area contributed by atoms with E-state index in [1.807, 2.05) is 26.0 Å². The molecule has 2 aromatic rings. The predicted molar refractivity (Wildman–Crippen MR) is 95.5 cm³/mol. The standard InChI is InChI=1S/C19H22N2O3/c1-13(2)11-18(22)20-15-9-7-14(8-10-15)19(23)21-16-5-4-6-17(12-16)24-3/h4-10,12-13H,11H2,1-3H3,(H,20,22)(H,21,23). The second kappa shape index (κ2) is 8.15. The number of amides is 2. The lowest BCUT2D eigenvalue weighted by atomic mass is 10.1. The number of rotatable bonds is 6. The van der Waals surface area contributed by atoms with Gasteiger partial charge in [0.1, 0.15) is 5.75 Å². The van der Waals surface area contributed by atoms with Crippen molar-refractivity contribution in [3.8, 4) is 5.75 Å². The van der Waals surface area contributed by atoms with Gasteiger partial charge < -0.3 is 15.4 Å². The van der Waals surface area contributed by atoms with E-state index in [0.717, 1.165) is 0 Å². The molecule has 0 aliphatic rings. The summed E-state index contributed by atoms with van der Waals surface area (Å²) < 4.78 is 5.13. The highest BCUT2D eigenvalue weighted by Gasteiger charge is 2.08. The van der Waals surface area contributed by atoms with Gasteiger partial charge in [0, 0.05) is 29.4 Å². The summed E-state index contributed by atoms with van der Waals surface area (Å²) in [6.07, 6.45) is 0.470. The molecule has 2 rings (SSSR count). The van der Waals surface area contributed by atoms with Gasteiger partial charge in [-0.2, -0.15) is 0 Å². The lowest BCUT2D eigenvalue weighted by Gasteiger charge is -2.09. The van der Waals surface area contributed by atoms with Crippen molar-refractivity contribution in [2.45, 2.75) is 20.3 Å². The zero-order chi connectivity index (χ0) is 17.5. The molecule has 0 bridgehead atoms. The van der Waals surface area contributed by atoms with Gasteiger partial charge in [0.15, 0.2) is 0 Å². The Morgan fingerprint density at radius 2 is 1.71 bits per heavy atom. The van der Waals surface area contributed by atoms with Crippen molar-refractivity contribution >= 4 is 23.2 Å². The topological polar surface area (TPSA) is 67.4 Å². The van der Waals surface area contributed by atoms with Crippen molar-refractivity contribution in [3.63, 3.8) is 0 Å². The maximum absolute atomic E-state index is 12.3. The first-order valence-corrected chi connectivity index (χ1v) is 7.83. The lowest BCUT2D eigenvalue weighted by molar-refractivity contribution is -0.116. The molecule has 2 aromatic carbocycles. The highest BCUT2D eigenvalue weighted by atomic mass is 16.5. The van der Waals surface area contributed by atoms with E-state index in [1.165, 1.54) is 0 Å². The Labute approximate surface area is 142 Å². The van der Waals surface area contributed by atoms with Gasteiger partial charge in [0.2, 0.25) is 5.91 Å². The zero-order valence-electron chi connectivity index (χ0n) is 14.1. The highest BCUT2D eigenvalue weighted by Crippen LogP contribution is 2.18. The van der Waals surface area contributed by atoms with Crippen molar-refractivity contribution in [3.05, 3.63) is 54.1 Å². The van der Waals surface area contributed by atoms with E-state index in [4.69, 9.17) is 4.74 Å². The van der Waals surface area contributed by atoms with Crippen LogP contribution in [0.4, 0.5) is 11.4 Å². The van der Waals surface area contributed by atoms with Gasteiger partial charge >= 0.3 is 0 Å². The average Bonchev–Trinajstić information content (AvgIpc) is 2.54. The Morgan fingerprint density at radius 3 is 2.33 bits per heavy atom. The molecule has 24 heavy (non-hydrogen) atoms. The van der Waals surface area contributed by atoms with Crippen LogP contribution in [-0.2, 0) is 4.79 Å². The van der Waals surface area contributed by atoms with Crippen LogP contribution in [0, 0.1) is 5.92 Å². The van der Waals surface area contributed by atoms with Crippen LogP contribution in [-0.4, -0.2) is 18.9 Å². The molecule has 0 saturated carbocycles. The van der Waals surface area contributed by atoms with Crippen LogP contribution < -0.4 is 15.4 Å². The van der Waals surface area contributed by atoms with Crippen molar-refractivity contribution < 1.29 is 14.3 Å². The van der Waals surface area contributed by atoms with E-state index < -0.39 is 0 Å². The molecular weight excluding hydrogens is 304 g/mol. The van der Waals surface area contributed by atoms with Gasteiger partial charge in [-0.05, 0) is 42.3 Å². The summed E-state index contributed by atoms with van der Waals surface area (Å²) in [6, 6.07) is 14.0. The van der Waals surface area contributed by atoms with Crippen LogP contribution >= 0.6 is 0 Å². The van der Waals surface area contributed by atoms with Gasteiger partial charge in [0.25, 0.3) is 5.91 Å². The second-order valence-electron chi connectivity index (χ2n) is 5.91. The molecule has 0 saturated heterocycles. The number of nitrogens with one attached hydrogen (secondary N) is 2. The molecule has 2 N–H and O–H groups in total. The molecule has 0 aliphatic heterocycles. The van der Waals surface area contributed by atoms with Crippen LogP contribution in [0.3, 0.4) is 0 Å². The summed E-state index contributed by atoms with van der Waals surface area (Å²) >= 11 is 0. The normalized spacial score (nSPS) is 10.3. The number of anilines is 2. The van der Waals surface area contributed by atoms with E-state index in [2.05, 4.69) is 10.6 Å². The number of hydrogen-bond acceptors (Lipinski definition) is 3. The molecule has 0 radical (unpaired) electrons. The van der Waals surface area contributed by atoms with Crippen molar-refractivity contribution in [2.24, 2.45) is 5.92 Å². The largest absolute Gasteiger partial charge is 0.497 e. The fourth-order valence-electron chi connectivity index (χ4n) is 2.19. The molecule has 0 atom stereocenters. The summed E-state index contributed by atoms with van der Waals surface area (Å²) in [6.45, 7) is 3.98. The summed E-state index contributed by atoms with van der Waals surface area (Å²) in [5.41, 5.74) is 1.85. The maximum Gasteiger partial charge on any atom is 0.255 e. The molecule has 5 nitrogen and oxygen atoms in total. The number of benzene rings is 2. The number of carbonyl (C=O) groups excluding carboxylic acids is 2. The molecule has 0 aliphatic carbocycles. The minimum atomic E-state index is -0.219. The van der Waals surface area contributed by atoms with Gasteiger partial charge in [0.05, 0.1) is 7.11 Å². The van der Waals surface area contributed by atoms with Crippen LogP contribution in [0.2, 0.25) is 0 Å². The Hall–Kier alpha value is -2.82. The van der Waals surface area contributed by atoms with Crippen LogP contribution in [0.15, 0.2) is 48.5 Å². The lowest BCUT2D eigenvalue weighted by Crippen LogP contribution is -2.14. The fraction of sp³-hybridized carbons (Fsp3) is 0.263. The molecule has 0 aromatic heterocycles. The maximum atomic E-state index is 12.3. The summed E-state index contributed by atoms with van der Waals surface area (Å²) in [4.78, 5) is 24.0. The van der Waals surface area contributed by atoms with Crippen molar-refractivity contribution in [1.82, 2.24) is 0 Å². The second-order valence-corrected chi connectivity index (χ2v) is 5.91. The third kappa shape index (κ3) is 5.12. The first-order chi connectivity index (χ1) is 11.5. The Morgan fingerprint density at radius 1 is 1.00 bits per heavy atom. The molecule has 5 heteroatoms. The Balaban J connectivity index is 1.99. The summed E-state index contributed by atoms with van der Waals surface area (Å²) in [5.74, 6) is 0.732. The smallest absolute Gasteiger partial charge is 0.255 e. The van der Waals surface area contributed by atoms with Gasteiger partial charge in [-0.1, -0.05) is 19.9 Å². The zero-order valence-corrected chi connectivity index (χ0v) is 14.1. The molecule has 0 fully saturated rings. The number of methoxy groups -OCH3 is 1. The van der Waals surface area contributed by atoms with Crippen LogP contribution in [0.25, 0.3) is 0 Å². The van der Waals surface area contributed by atoms with E-state index in [0.29, 0.717) is 35.0 Å². The monoisotopic (exact) mass is 326 g/mol. The molecule has 0 unspecified atom stereocenters. The van der Waals surface area contributed by atoms with Gasteiger partial charge in [-0.15, -0.1) is 0 Å². The third-order valence-electron chi connectivity index (χ3n) is 3.35. The van der Waals surface area contributed by atoms with Crippen LogP contribution in [0.5, 0.6) is 5.75 Å². The highest BCUT2D eigenvalue weighted by molar-refractivity contribution is 6.04. The van der Waals surface area contributed by atoms with E-state index in [1.54, 1.807) is 43.5 Å². The molecule has 126 valence electrons. The van der Waals surface area contributed by atoms with E-state index >= 15 is 0 Å². The minimum Gasteiger partial charge on any atom is -0.497 e. The number of ether oxygens (including phenoxy) is 1. The first-order valence-electron chi connectivity index (χ1n) is 7.83. The Kier molecular flexibility index (Phi) is 5.95. The minimum absolute atomic E-state index is 0.0291. The fourth-order valence-corrected chi connectivity index (χ4v) is 2.19. The van der Waals surface area contributed by atoms with Crippen LogP contribution in [0.1, 0.15) is 30.6 Å². The van der Waals surface area contributed by atoms with E-state index in [9.17, 15) is 9.59 Å². The molecule has 0 spiro atoms. The van der Waals surface area contributed by atoms with Crippen molar-refractivity contribution in [1.29, 1.82) is 0 Å². The quantitative estimate of drug-likeness (QED) is 0.845. The third-order valence-corrected chi connectivity index (χ3v) is 3.35. The van der Waals surface area contributed by atoms with E-state index in [-0.39, 0.29) is 11.8 Å². The predicted octanol–water partition coefficient (Wildman–Crippen LogP) is 3.93. The van der Waals surface area contributed by atoms with Crippen molar-refractivity contribution in [2.75, 3.05) is 17.7 Å². The summed E-state index contributed by atoms with van der Waals surface area (Å²) in [7, 11) is 1.58. The molecular formula is C19H22N2O3. The molecule has 2 amide bonds. The first kappa shape index (κ1) is 17.5. The number of hydrogen-bond donors (Lipinski definition) is 2. The Bertz CT molecular complexity index is 709. The number of carbonyl (C=O) groups is 2. The van der Waals surface area contributed by atoms with Gasteiger partial charge in [-0.25, -0.2) is 0 Å². The average molecular weight is 326 g/mol. The summed E-state index contributed by atoms with van der Waals surface area (Å²) in [5, 5.41) is 5.63.